The van der Waals surface area contributed by atoms with Crippen LogP contribution < -0.4 is 5.32 Å². The van der Waals surface area contributed by atoms with Crippen LogP contribution in [0.2, 0.25) is 0 Å². The predicted molar refractivity (Wildman–Crippen MR) is 69.5 cm³/mol. The Labute approximate surface area is 112 Å². The molecule has 0 aromatic heterocycles. The van der Waals surface area contributed by atoms with E-state index in [-0.39, 0.29) is 6.04 Å². The average Bonchev–Trinajstić information content (AvgIpc) is 3.00. The molecule has 1 N–H and O–H groups in total. The van der Waals surface area contributed by atoms with E-state index < -0.39 is 11.9 Å². The first-order valence-electron chi connectivity index (χ1n) is 6.81. The van der Waals surface area contributed by atoms with Gasteiger partial charge in [0.15, 0.2) is 0 Å². The van der Waals surface area contributed by atoms with Crippen LogP contribution >= 0.6 is 0 Å². The SMILES string of the molecule is O=C(OC(=O)C1CC2CCCC2N1)c1ccccc1. The Hall–Kier alpha value is -1.68. The summed E-state index contributed by atoms with van der Waals surface area (Å²) in [6, 6.07) is 8.72. The molecule has 0 spiro atoms. The molecule has 100 valence electrons. The van der Waals surface area contributed by atoms with E-state index in [0.29, 0.717) is 17.5 Å². The highest BCUT2D eigenvalue weighted by Gasteiger charge is 2.40. The van der Waals surface area contributed by atoms with E-state index >= 15 is 0 Å². The summed E-state index contributed by atoms with van der Waals surface area (Å²) in [6.07, 6.45) is 4.33. The monoisotopic (exact) mass is 259 g/mol. The normalized spacial score (nSPS) is 28.9. The van der Waals surface area contributed by atoms with Gasteiger partial charge in [-0.3, -0.25) is 0 Å². The molecule has 1 saturated heterocycles. The Balaban J connectivity index is 1.59. The Kier molecular flexibility index (Phi) is 3.34. The van der Waals surface area contributed by atoms with E-state index in [1.165, 1.54) is 12.8 Å². The number of carbonyl (C=O) groups excluding carboxylic acids is 2. The molecule has 0 radical (unpaired) electrons. The molecule has 2 aliphatic rings. The highest BCUT2D eigenvalue weighted by atomic mass is 16.6. The van der Waals surface area contributed by atoms with Crippen LogP contribution in [0.4, 0.5) is 0 Å². The first-order valence-corrected chi connectivity index (χ1v) is 6.81. The summed E-state index contributed by atoms with van der Waals surface area (Å²) in [4.78, 5) is 23.7. The molecular formula is C15H17NO3. The van der Waals surface area contributed by atoms with Crippen molar-refractivity contribution in [3.63, 3.8) is 0 Å². The predicted octanol–water partition coefficient (Wildman–Crippen LogP) is 1.90. The molecule has 3 atom stereocenters. The summed E-state index contributed by atoms with van der Waals surface area (Å²) in [5.41, 5.74) is 0.411. The van der Waals surface area contributed by atoms with E-state index in [9.17, 15) is 9.59 Å². The van der Waals surface area contributed by atoms with Crippen LogP contribution in [0.15, 0.2) is 30.3 Å². The number of carbonyl (C=O) groups is 2. The number of ether oxygens (including phenoxy) is 1. The minimum atomic E-state index is -0.565. The number of fused-ring (bicyclic) bond motifs is 1. The maximum atomic E-state index is 12.0. The van der Waals surface area contributed by atoms with Crippen molar-refractivity contribution < 1.29 is 14.3 Å². The second kappa shape index (κ2) is 5.13. The zero-order chi connectivity index (χ0) is 13.2. The Bertz CT molecular complexity index is 473. The van der Waals surface area contributed by atoms with Gasteiger partial charge in [-0.15, -0.1) is 0 Å². The third-order valence-corrected chi connectivity index (χ3v) is 4.10. The Morgan fingerprint density at radius 3 is 2.68 bits per heavy atom. The topological polar surface area (TPSA) is 55.4 Å². The van der Waals surface area contributed by atoms with Crippen LogP contribution in [0.25, 0.3) is 0 Å². The molecule has 1 saturated carbocycles. The molecule has 4 heteroatoms. The van der Waals surface area contributed by atoms with Gasteiger partial charge in [-0.05, 0) is 37.3 Å². The van der Waals surface area contributed by atoms with Gasteiger partial charge >= 0.3 is 11.9 Å². The zero-order valence-electron chi connectivity index (χ0n) is 10.7. The largest absolute Gasteiger partial charge is 0.388 e. The van der Waals surface area contributed by atoms with Crippen molar-refractivity contribution in [2.24, 2.45) is 5.92 Å². The first kappa shape index (κ1) is 12.4. The van der Waals surface area contributed by atoms with Crippen molar-refractivity contribution in [2.45, 2.75) is 37.8 Å². The molecule has 4 nitrogen and oxygen atoms in total. The third-order valence-electron chi connectivity index (χ3n) is 4.10. The van der Waals surface area contributed by atoms with Gasteiger partial charge in [-0.1, -0.05) is 24.6 Å². The van der Waals surface area contributed by atoms with Gasteiger partial charge in [0.1, 0.15) is 6.04 Å². The number of esters is 2. The van der Waals surface area contributed by atoms with Crippen LogP contribution in [0.3, 0.4) is 0 Å². The van der Waals surface area contributed by atoms with Gasteiger partial charge < -0.3 is 10.1 Å². The fraction of sp³-hybridized carbons (Fsp3) is 0.467. The van der Waals surface area contributed by atoms with Crippen LogP contribution in [0.1, 0.15) is 36.0 Å². The molecule has 3 unspecified atom stereocenters. The smallest absolute Gasteiger partial charge is 0.345 e. The average molecular weight is 259 g/mol. The quantitative estimate of drug-likeness (QED) is 0.651. The van der Waals surface area contributed by atoms with Gasteiger partial charge in [-0.25, -0.2) is 9.59 Å². The van der Waals surface area contributed by atoms with Crippen LogP contribution in [-0.4, -0.2) is 24.0 Å². The van der Waals surface area contributed by atoms with E-state index in [2.05, 4.69) is 5.32 Å². The summed E-state index contributed by atoms with van der Waals surface area (Å²) in [7, 11) is 0. The van der Waals surface area contributed by atoms with Crippen molar-refractivity contribution >= 4 is 11.9 Å². The van der Waals surface area contributed by atoms with E-state index in [0.717, 1.165) is 12.8 Å². The molecule has 1 aromatic carbocycles. The minimum absolute atomic E-state index is 0.317. The highest BCUT2D eigenvalue weighted by Crippen LogP contribution is 2.34. The number of nitrogens with one attached hydrogen (secondary N) is 1. The fourth-order valence-electron chi connectivity index (χ4n) is 3.13. The minimum Gasteiger partial charge on any atom is -0.388 e. The van der Waals surface area contributed by atoms with Crippen molar-refractivity contribution in [3.8, 4) is 0 Å². The number of benzene rings is 1. The Morgan fingerprint density at radius 2 is 1.95 bits per heavy atom. The van der Waals surface area contributed by atoms with Crippen LogP contribution in [0.5, 0.6) is 0 Å². The van der Waals surface area contributed by atoms with E-state index in [1.54, 1.807) is 24.3 Å². The van der Waals surface area contributed by atoms with Gasteiger partial charge in [0.25, 0.3) is 0 Å². The first-order chi connectivity index (χ1) is 9.24. The zero-order valence-corrected chi connectivity index (χ0v) is 10.7. The lowest BCUT2D eigenvalue weighted by Crippen LogP contribution is -2.37. The molecule has 3 rings (SSSR count). The summed E-state index contributed by atoms with van der Waals surface area (Å²) in [5.74, 6) is -0.433. The number of hydrogen-bond acceptors (Lipinski definition) is 4. The molecule has 19 heavy (non-hydrogen) atoms. The lowest BCUT2D eigenvalue weighted by atomic mass is 10.0. The summed E-state index contributed by atoms with van der Waals surface area (Å²) >= 11 is 0. The number of rotatable bonds is 2. The molecular weight excluding hydrogens is 242 g/mol. The molecule has 1 heterocycles. The van der Waals surface area contributed by atoms with Crippen LogP contribution in [-0.2, 0) is 9.53 Å². The van der Waals surface area contributed by atoms with Crippen molar-refractivity contribution in [2.75, 3.05) is 0 Å². The van der Waals surface area contributed by atoms with Gasteiger partial charge in [0.05, 0.1) is 5.56 Å². The van der Waals surface area contributed by atoms with Crippen molar-refractivity contribution in [1.82, 2.24) is 5.32 Å². The van der Waals surface area contributed by atoms with Gasteiger partial charge in [-0.2, -0.15) is 0 Å². The highest BCUT2D eigenvalue weighted by molar-refractivity contribution is 5.98. The van der Waals surface area contributed by atoms with Gasteiger partial charge in [0.2, 0.25) is 0 Å². The van der Waals surface area contributed by atoms with Crippen molar-refractivity contribution in [3.05, 3.63) is 35.9 Å². The molecule has 0 bridgehead atoms. The lowest BCUT2D eigenvalue weighted by molar-refractivity contribution is -0.140. The fourth-order valence-corrected chi connectivity index (χ4v) is 3.13. The molecule has 1 aliphatic carbocycles. The third kappa shape index (κ3) is 2.54. The standard InChI is InChI=1S/C15H17NO3/c17-14(10-5-2-1-3-6-10)19-15(18)13-9-11-7-4-8-12(11)16-13/h1-3,5-6,11-13,16H,4,7-9H2. The van der Waals surface area contributed by atoms with E-state index in [4.69, 9.17) is 4.74 Å². The van der Waals surface area contributed by atoms with Crippen molar-refractivity contribution in [1.29, 1.82) is 0 Å². The molecule has 1 aromatic rings. The molecule has 2 fully saturated rings. The van der Waals surface area contributed by atoms with Crippen LogP contribution in [0, 0.1) is 5.92 Å². The lowest BCUT2D eigenvalue weighted by Gasteiger charge is -2.11. The summed E-state index contributed by atoms with van der Waals surface area (Å²) in [5, 5.41) is 3.28. The molecule has 1 aliphatic heterocycles. The second-order valence-electron chi connectivity index (χ2n) is 5.33. The number of hydrogen-bond donors (Lipinski definition) is 1. The second-order valence-corrected chi connectivity index (χ2v) is 5.33. The maximum absolute atomic E-state index is 12.0. The molecule has 0 amide bonds. The summed E-state index contributed by atoms with van der Waals surface area (Å²) < 4.78 is 4.95. The maximum Gasteiger partial charge on any atom is 0.345 e. The van der Waals surface area contributed by atoms with E-state index in [1.807, 2.05) is 6.07 Å². The summed E-state index contributed by atoms with van der Waals surface area (Å²) in [6.45, 7) is 0. The van der Waals surface area contributed by atoms with Gasteiger partial charge in [0, 0.05) is 6.04 Å². The Morgan fingerprint density at radius 1 is 1.16 bits per heavy atom.